The Labute approximate surface area is 366 Å². The first-order valence-electron chi connectivity index (χ1n) is 20.9. The van der Waals surface area contributed by atoms with E-state index in [0.717, 1.165) is 117 Å². The zero-order valence-corrected chi connectivity index (χ0v) is 35.0. The minimum Gasteiger partial charge on any atom is -0.481 e. The third-order valence-corrected chi connectivity index (χ3v) is 15.6. The Bertz CT molecular complexity index is 2940. The second-order valence-corrected chi connectivity index (χ2v) is 18.9. The van der Waals surface area contributed by atoms with Crippen LogP contribution in [0.15, 0.2) is 95.2 Å². The standard InChI is InChI=1S/C52H34N4O4S2/c1-56-42(28-55)46-33-13-5-7-15-35(33)48(58)39(46)21-31-23-44-50(62-31)37-25-40-36(24-41(37)52(60-44)18-10-3-11-19-52)49-43(59-51(40)16-8-2-9-17-51)22-30(61-49)20-38-45(29(26-53)27-54)32-12-4-6-14-34(32)47(38)57/h4-7,12-15,20-25H,2-3,8-11,16-19H2/b38-20-,39-21-,46-42+. The van der Waals surface area contributed by atoms with E-state index in [0.29, 0.717) is 44.5 Å². The Morgan fingerprint density at radius 3 is 1.47 bits per heavy atom. The van der Waals surface area contributed by atoms with Crippen LogP contribution >= 0.6 is 22.7 Å². The van der Waals surface area contributed by atoms with Gasteiger partial charge in [0.25, 0.3) is 5.70 Å². The average Bonchev–Trinajstić information content (AvgIpc) is 4.04. The molecule has 2 spiro atoms. The summed E-state index contributed by atoms with van der Waals surface area (Å²) >= 11 is 3.10. The highest BCUT2D eigenvalue weighted by atomic mass is 32.1. The highest BCUT2D eigenvalue weighted by molar-refractivity contribution is 7.17. The molecule has 8 nitrogen and oxygen atoms in total. The molecule has 2 aromatic heterocycles. The highest BCUT2D eigenvalue weighted by Gasteiger charge is 2.48. The number of ether oxygens (including phenoxy) is 2. The van der Waals surface area contributed by atoms with Crippen molar-refractivity contribution in [1.29, 1.82) is 15.8 Å². The number of benzene rings is 3. The molecule has 4 aliphatic carbocycles. The Kier molecular flexibility index (Phi) is 8.71. The van der Waals surface area contributed by atoms with Gasteiger partial charge >= 0.3 is 0 Å². The molecule has 0 atom stereocenters. The summed E-state index contributed by atoms with van der Waals surface area (Å²) in [6.07, 6.45) is 13.4. The van der Waals surface area contributed by atoms with Crippen LogP contribution in [0.25, 0.3) is 49.0 Å². The number of thiophene rings is 2. The molecule has 0 radical (unpaired) electrons. The Hall–Kier alpha value is -7.08. The highest BCUT2D eigenvalue weighted by Crippen LogP contribution is 2.61. The van der Waals surface area contributed by atoms with E-state index in [1.165, 1.54) is 0 Å². The Morgan fingerprint density at radius 2 is 1.03 bits per heavy atom. The van der Waals surface area contributed by atoms with Crippen molar-refractivity contribution >= 4 is 57.5 Å². The van der Waals surface area contributed by atoms with Crippen molar-refractivity contribution < 1.29 is 19.1 Å². The third-order valence-electron chi connectivity index (χ3n) is 13.4. The van der Waals surface area contributed by atoms with Gasteiger partial charge in [-0.3, -0.25) is 9.59 Å². The van der Waals surface area contributed by atoms with Gasteiger partial charge in [0.05, 0.1) is 22.4 Å². The van der Waals surface area contributed by atoms with Gasteiger partial charge in [0.15, 0.2) is 11.6 Å². The zero-order chi connectivity index (χ0) is 42.3. The molecule has 10 heteroatoms. The van der Waals surface area contributed by atoms with Gasteiger partial charge in [0.2, 0.25) is 0 Å². The molecule has 0 bridgehead atoms. The van der Waals surface area contributed by atoms with E-state index >= 15 is 0 Å². The Balaban J connectivity index is 1.08. The number of nitrogens with zero attached hydrogens (tertiary/aromatic N) is 4. The number of allylic oxidation sites excluding steroid dienone is 6. The number of hydrogen-bond acceptors (Lipinski definition) is 9. The first-order chi connectivity index (χ1) is 30.3. The predicted molar refractivity (Wildman–Crippen MR) is 239 cm³/mol. The molecule has 2 aliphatic heterocycles. The van der Waals surface area contributed by atoms with Crippen LogP contribution < -0.4 is 9.47 Å². The van der Waals surface area contributed by atoms with Crippen molar-refractivity contribution in [1.82, 2.24) is 0 Å². The molecule has 4 heterocycles. The van der Waals surface area contributed by atoms with E-state index in [2.05, 4.69) is 17.0 Å². The monoisotopic (exact) mass is 842 g/mol. The van der Waals surface area contributed by atoms with E-state index in [1.807, 2.05) is 54.6 Å². The van der Waals surface area contributed by atoms with Gasteiger partial charge in [-0.1, -0.05) is 61.4 Å². The van der Waals surface area contributed by atoms with Crippen molar-refractivity contribution in [3.05, 3.63) is 150 Å². The minimum atomic E-state index is -0.560. The summed E-state index contributed by atoms with van der Waals surface area (Å²) in [5, 5.41) is 29.9. The zero-order valence-electron chi connectivity index (χ0n) is 33.4. The Morgan fingerprint density at radius 1 is 0.597 bits per heavy atom. The lowest BCUT2D eigenvalue weighted by molar-refractivity contribution is 0.0205. The number of carbonyl (C=O) groups excluding carboxylic acids is 2. The quantitative estimate of drug-likeness (QED) is 0.0983. The van der Waals surface area contributed by atoms with Crippen molar-refractivity contribution in [2.24, 2.45) is 0 Å². The van der Waals surface area contributed by atoms with Crippen LogP contribution in [-0.2, 0) is 11.2 Å². The van der Waals surface area contributed by atoms with E-state index in [-0.39, 0.29) is 22.8 Å². The fourth-order valence-electron chi connectivity index (χ4n) is 10.7. The minimum absolute atomic E-state index is 0.0949. The number of ketones is 2. The summed E-state index contributed by atoms with van der Waals surface area (Å²) < 4.78 is 14.4. The summed E-state index contributed by atoms with van der Waals surface area (Å²) in [7, 11) is 0. The molecule has 2 fully saturated rings. The molecule has 298 valence electrons. The topological polar surface area (TPSA) is 128 Å². The normalized spacial score (nSPS) is 20.4. The first-order valence-corrected chi connectivity index (χ1v) is 22.6. The lowest BCUT2D eigenvalue weighted by Crippen LogP contribution is -2.40. The van der Waals surface area contributed by atoms with Crippen LogP contribution in [0.3, 0.4) is 0 Å². The van der Waals surface area contributed by atoms with Crippen LogP contribution in [0, 0.1) is 40.6 Å². The molecule has 0 N–H and O–H groups in total. The maximum absolute atomic E-state index is 13.9. The lowest BCUT2D eigenvalue weighted by atomic mass is 9.71. The van der Waals surface area contributed by atoms with Crippen molar-refractivity contribution in [2.45, 2.75) is 75.4 Å². The maximum atomic E-state index is 13.9. The molecule has 11 rings (SSSR count). The average molecular weight is 843 g/mol. The first kappa shape index (κ1) is 37.9. The molecule has 5 aromatic rings. The predicted octanol–water partition coefficient (Wildman–Crippen LogP) is 12.8. The maximum Gasteiger partial charge on any atom is 0.270 e. The summed E-state index contributed by atoms with van der Waals surface area (Å²) in [4.78, 5) is 34.9. The van der Waals surface area contributed by atoms with Crippen LogP contribution in [0.4, 0.5) is 0 Å². The van der Waals surface area contributed by atoms with Gasteiger partial charge in [-0.05, 0) is 98.9 Å². The number of Topliss-reactive ketones (excluding diaryl/α,β-unsaturated/α-hetero) is 2. The van der Waals surface area contributed by atoms with Gasteiger partial charge in [-0.15, -0.1) is 22.7 Å². The van der Waals surface area contributed by atoms with Gasteiger partial charge in [0, 0.05) is 65.4 Å². The van der Waals surface area contributed by atoms with Gasteiger partial charge in [0.1, 0.15) is 40.4 Å². The van der Waals surface area contributed by atoms with Crippen molar-refractivity contribution in [2.75, 3.05) is 0 Å². The molecule has 2 saturated carbocycles. The molecule has 0 saturated heterocycles. The molecular weight excluding hydrogens is 809 g/mol. The third kappa shape index (κ3) is 5.51. The van der Waals surface area contributed by atoms with E-state index in [1.54, 1.807) is 59.1 Å². The summed E-state index contributed by atoms with van der Waals surface area (Å²) in [6, 6.07) is 29.1. The smallest absolute Gasteiger partial charge is 0.270 e. The molecule has 6 aliphatic rings. The van der Waals surface area contributed by atoms with Gasteiger partial charge in [-0.25, -0.2) is 10.1 Å². The van der Waals surface area contributed by atoms with Crippen LogP contribution in [0.1, 0.15) is 117 Å². The summed E-state index contributed by atoms with van der Waals surface area (Å²) in [6.45, 7) is 7.77. The van der Waals surface area contributed by atoms with E-state index < -0.39 is 11.2 Å². The molecule has 0 unspecified atom stereocenters. The number of fused-ring (bicyclic) bond motifs is 10. The van der Waals surface area contributed by atoms with Crippen LogP contribution in [0.5, 0.6) is 11.5 Å². The van der Waals surface area contributed by atoms with E-state index in [9.17, 15) is 25.4 Å². The molecule has 3 aromatic carbocycles. The second kappa shape index (κ2) is 14.3. The summed E-state index contributed by atoms with van der Waals surface area (Å²) in [5.41, 5.74) is 6.73. The van der Waals surface area contributed by atoms with E-state index in [4.69, 9.17) is 16.0 Å². The van der Waals surface area contributed by atoms with Crippen LogP contribution in [0.2, 0.25) is 0 Å². The van der Waals surface area contributed by atoms with Crippen molar-refractivity contribution in [3.8, 4) is 50.6 Å². The van der Waals surface area contributed by atoms with Gasteiger partial charge < -0.3 is 9.47 Å². The van der Waals surface area contributed by atoms with Crippen molar-refractivity contribution in [3.63, 3.8) is 0 Å². The number of hydrogen-bond donors (Lipinski definition) is 0. The second-order valence-electron chi connectivity index (χ2n) is 16.7. The fourth-order valence-corrected chi connectivity index (χ4v) is 12.8. The number of rotatable bonds is 2. The largest absolute Gasteiger partial charge is 0.481 e. The molecular formula is C52H34N4O4S2. The summed E-state index contributed by atoms with van der Waals surface area (Å²) in [5.74, 6) is 1.12. The SMILES string of the molecule is [C-]#[N+]/C(C#N)=C1/C(=C/c2cc3c(s2)-c2cc4c(cc2C2(CCCCC2)O3)-c2sc(/C=C3\C(=O)c5ccccc5C3=C(C#N)C#N)cc2OC42CCCCC2)C(=O)c2ccccc21. The van der Waals surface area contributed by atoms with Crippen LogP contribution in [-0.4, -0.2) is 11.6 Å². The molecule has 0 amide bonds. The number of nitriles is 3. The lowest BCUT2D eigenvalue weighted by Gasteiger charge is -2.45. The molecule has 62 heavy (non-hydrogen) atoms. The van der Waals surface area contributed by atoms with Gasteiger partial charge in [-0.2, -0.15) is 10.5 Å². The number of carbonyl (C=O) groups is 2. The fraction of sp³-hybridized carbons (Fsp3) is 0.231.